The zero-order chi connectivity index (χ0) is 12.9. The summed E-state index contributed by atoms with van der Waals surface area (Å²) in [4.78, 5) is 12.2. The molecule has 2 aromatic rings. The first kappa shape index (κ1) is 10.7. The summed E-state index contributed by atoms with van der Waals surface area (Å²) in [6.07, 6.45) is 0. The number of hydrogen-bond acceptors (Lipinski definition) is 4. The molecule has 2 N–H and O–H groups in total. The first-order valence-corrected chi connectivity index (χ1v) is 5.42. The molecule has 0 unspecified atom stereocenters. The number of benzene rings is 2. The summed E-state index contributed by atoms with van der Waals surface area (Å²) < 4.78 is 5.13. The Hall–Kier alpha value is -2.49. The number of hydrogen-bond donors (Lipinski definition) is 2. The molecule has 4 nitrogen and oxygen atoms in total. The van der Waals surface area contributed by atoms with E-state index in [2.05, 4.69) is 0 Å². The largest absolute Gasteiger partial charge is 0.507 e. The van der Waals surface area contributed by atoms with Gasteiger partial charge >= 0.3 is 0 Å². The molecular formula is C14H10O4. The van der Waals surface area contributed by atoms with Gasteiger partial charge in [-0.05, 0) is 18.2 Å². The topological polar surface area (TPSA) is 66.8 Å². The smallest absolute Gasteiger partial charge is 0.194 e. The second-order valence-electron chi connectivity index (χ2n) is 4.07. The van der Waals surface area contributed by atoms with E-state index >= 15 is 0 Å². The lowest BCUT2D eigenvalue weighted by Crippen LogP contribution is -1.95. The molecule has 3 rings (SSSR count). The predicted octanol–water partition coefficient (Wildman–Crippen LogP) is 2.32. The van der Waals surface area contributed by atoms with Gasteiger partial charge in [-0.25, -0.2) is 0 Å². The predicted molar refractivity (Wildman–Crippen MR) is 65.2 cm³/mol. The maximum absolute atomic E-state index is 12.2. The van der Waals surface area contributed by atoms with Gasteiger partial charge < -0.3 is 14.9 Å². The molecule has 0 saturated carbocycles. The Morgan fingerprint density at radius 3 is 2.39 bits per heavy atom. The summed E-state index contributed by atoms with van der Waals surface area (Å²) >= 11 is 0. The van der Waals surface area contributed by atoms with Crippen LogP contribution in [0.4, 0.5) is 0 Å². The van der Waals surface area contributed by atoms with Crippen LogP contribution in [-0.4, -0.2) is 23.1 Å². The molecule has 0 fully saturated rings. The highest BCUT2D eigenvalue weighted by atomic mass is 16.5. The maximum atomic E-state index is 12.2. The van der Waals surface area contributed by atoms with Crippen LogP contribution in [-0.2, 0) is 0 Å². The highest BCUT2D eigenvalue weighted by Gasteiger charge is 2.32. The molecular weight excluding hydrogens is 232 g/mol. The number of rotatable bonds is 1. The Morgan fingerprint density at radius 2 is 1.67 bits per heavy atom. The van der Waals surface area contributed by atoms with Crippen LogP contribution in [0.2, 0.25) is 0 Å². The third kappa shape index (κ3) is 1.17. The molecule has 0 heterocycles. The van der Waals surface area contributed by atoms with Gasteiger partial charge in [0.1, 0.15) is 5.75 Å². The highest BCUT2D eigenvalue weighted by molar-refractivity contribution is 6.23. The van der Waals surface area contributed by atoms with Gasteiger partial charge in [-0.1, -0.05) is 12.1 Å². The quantitative estimate of drug-likeness (QED) is 0.687. The van der Waals surface area contributed by atoms with Gasteiger partial charge in [-0.3, -0.25) is 4.79 Å². The minimum Gasteiger partial charge on any atom is -0.507 e. The zero-order valence-electron chi connectivity index (χ0n) is 9.60. The lowest BCUT2D eigenvalue weighted by atomic mass is 10.0. The minimum atomic E-state index is -0.172. The van der Waals surface area contributed by atoms with E-state index in [1.54, 1.807) is 12.1 Å². The lowest BCUT2D eigenvalue weighted by molar-refractivity contribution is 0.104. The van der Waals surface area contributed by atoms with E-state index in [1.807, 2.05) is 0 Å². The number of ketones is 1. The van der Waals surface area contributed by atoms with E-state index in [-0.39, 0.29) is 23.0 Å². The summed E-state index contributed by atoms with van der Waals surface area (Å²) in [6.45, 7) is 0. The van der Waals surface area contributed by atoms with Crippen molar-refractivity contribution in [2.24, 2.45) is 0 Å². The molecule has 4 heteroatoms. The third-order valence-electron chi connectivity index (χ3n) is 3.12. The van der Waals surface area contributed by atoms with Crippen molar-refractivity contribution in [3.05, 3.63) is 41.5 Å². The van der Waals surface area contributed by atoms with E-state index in [0.29, 0.717) is 22.3 Å². The van der Waals surface area contributed by atoms with E-state index < -0.39 is 0 Å². The van der Waals surface area contributed by atoms with Gasteiger partial charge in [0.25, 0.3) is 0 Å². The minimum absolute atomic E-state index is 0.00324. The molecule has 90 valence electrons. The van der Waals surface area contributed by atoms with Crippen molar-refractivity contribution in [2.45, 2.75) is 0 Å². The standard InChI is InChI=1S/C14H10O4/c1-18-14-10(16)6-5-8-12(14)11-7(13(8)17)3-2-4-9(11)15/h2-6,15-16H,1H3. The van der Waals surface area contributed by atoms with Crippen molar-refractivity contribution in [2.75, 3.05) is 7.11 Å². The SMILES string of the molecule is COc1c(O)ccc2c1-c1c(O)cccc1C2=O. The Bertz CT molecular complexity index is 674. The average Bonchev–Trinajstić information content (AvgIpc) is 2.65. The molecule has 1 aliphatic carbocycles. The van der Waals surface area contributed by atoms with Gasteiger partial charge in [0.2, 0.25) is 0 Å². The molecule has 0 bridgehead atoms. The second-order valence-corrected chi connectivity index (χ2v) is 4.07. The van der Waals surface area contributed by atoms with Gasteiger partial charge in [0, 0.05) is 22.3 Å². The third-order valence-corrected chi connectivity index (χ3v) is 3.12. The van der Waals surface area contributed by atoms with E-state index in [0.717, 1.165) is 0 Å². The summed E-state index contributed by atoms with van der Waals surface area (Å²) in [5.74, 6) is -0.0149. The number of ether oxygens (including phenoxy) is 1. The molecule has 18 heavy (non-hydrogen) atoms. The maximum Gasteiger partial charge on any atom is 0.194 e. The molecule has 0 amide bonds. The molecule has 0 aliphatic heterocycles. The van der Waals surface area contributed by atoms with Crippen LogP contribution >= 0.6 is 0 Å². The van der Waals surface area contributed by atoms with Crippen LogP contribution in [0.3, 0.4) is 0 Å². The fourth-order valence-corrected chi connectivity index (χ4v) is 2.35. The van der Waals surface area contributed by atoms with E-state index in [4.69, 9.17) is 4.74 Å². The van der Waals surface area contributed by atoms with Gasteiger partial charge in [0.15, 0.2) is 17.3 Å². The molecule has 2 aromatic carbocycles. The Balaban J connectivity index is 2.46. The van der Waals surface area contributed by atoms with E-state index in [9.17, 15) is 15.0 Å². The Labute approximate surface area is 103 Å². The van der Waals surface area contributed by atoms with Crippen LogP contribution < -0.4 is 4.74 Å². The molecule has 0 spiro atoms. The summed E-state index contributed by atoms with van der Waals surface area (Å²) in [6, 6.07) is 7.72. The Kier molecular flexibility index (Phi) is 2.07. The van der Waals surface area contributed by atoms with Crippen molar-refractivity contribution in [3.8, 4) is 28.4 Å². The summed E-state index contributed by atoms with van der Waals surface area (Å²) in [5.41, 5.74) is 1.73. The normalized spacial score (nSPS) is 12.2. The lowest BCUT2D eigenvalue weighted by Gasteiger charge is -2.10. The van der Waals surface area contributed by atoms with Crippen LogP contribution in [0.1, 0.15) is 15.9 Å². The molecule has 0 atom stereocenters. The van der Waals surface area contributed by atoms with Crippen LogP contribution in [0.25, 0.3) is 11.1 Å². The first-order valence-electron chi connectivity index (χ1n) is 5.42. The number of fused-ring (bicyclic) bond motifs is 3. The number of carbonyl (C=O) groups is 1. The number of methoxy groups -OCH3 is 1. The number of phenolic OH excluding ortho intramolecular Hbond substituents is 2. The van der Waals surface area contributed by atoms with Crippen LogP contribution in [0, 0.1) is 0 Å². The van der Waals surface area contributed by atoms with Crippen molar-refractivity contribution in [3.63, 3.8) is 0 Å². The Morgan fingerprint density at radius 1 is 0.944 bits per heavy atom. The summed E-state index contributed by atoms with van der Waals surface area (Å²) in [7, 11) is 1.41. The fraction of sp³-hybridized carbons (Fsp3) is 0.0714. The van der Waals surface area contributed by atoms with Crippen molar-refractivity contribution in [1.82, 2.24) is 0 Å². The van der Waals surface area contributed by atoms with Gasteiger partial charge in [-0.2, -0.15) is 0 Å². The van der Waals surface area contributed by atoms with Gasteiger partial charge in [-0.15, -0.1) is 0 Å². The monoisotopic (exact) mass is 242 g/mol. The number of aromatic hydroxyl groups is 2. The van der Waals surface area contributed by atoms with Crippen LogP contribution in [0.5, 0.6) is 17.2 Å². The van der Waals surface area contributed by atoms with Crippen LogP contribution in [0.15, 0.2) is 30.3 Å². The van der Waals surface area contributed by atoms with E-state index in [1.165, 1.54) is 25.3 Å². The molecule has 0 aromatic heterocycles. The fourth-order valence-electron chi connectivity index (χ4n) is 2.35. The van der Waals surface area contributed by atoms with Crippen molar-refractivity contribution in [1.29, 1.82) is 0 Å². The number of carbonyl (C=O) groups excluding carboxylic acids is 1. The summed E-state index contributed by atoms with van der Waals surface area (Å²) in [5, 5.41) is 19.7. The first-order chi connectivity index (χ1) is 8.65. The number of phenols is 2. The van der Waals surface area contributed by atoms with Crippen molar-refractivity contribution >= 4 is 5.78 Å². The zero-order valence-corrected chi connectivity index (χ0v) is 9.60. The molecule has 0 radical (unpaired) electrons. The highest BCUT2D eigenvalue weighted by Crippen LogP contribution is 2.49. The van der Waals surface area contributed by atoms with Gasteiger partial charge in [0.05, 0.1) is 7.11 Å². The second kappa shape index (κ2) is 3.50. The average molecular weight is 242 g/mol. The van der Waals surface area contributed by atoms with Crippen molar-refractivity contribution < 1.29 is 19.7 Å². The molecule has 0 saturated heterocycles. The molecule has 1 aliphatic rings.